The van der Waals surface area contributed by atoms with E-state index in [9.17, 15) is 18.0 Å². The highest BCUT2D eigenvalue weighted by Crippen LogP contribution is 2.36. The minimum atomic E-state index is -4.59. The van der Waals surface area contributed by atoms with Gasteiger partial charge in [0.15, 0.2) is 0 Å². The van der Waals surface area contributed by atoms with Gasteiger partial charge in [0.05, 0.1) is 12.1 Å². The Morgan fingerprint density at radius 2 is 2.27 bits per heavy atom. The first kappa shape index (κ1) is 11.5. The van der Waals surface area contributed by atoms with E-state index < -0.39 is 24.5 Å². The number of aliphatic carboxylic acids is 1. The molecule has 0 saturated heterocycles. The van der Waals surface area contributed by atoms with Crippen LogP contribution in [0.5, 0.6) is 0 Å². The van der Waals surface area contributed by atoms with Gasteiger partial charge in [0, 0.05) is 13.2 Å². The Bertz CT molecular complexity index is 359. The molecule has 1 rings (SSSR count). The molecule has 1 unspecified atom stereocenters. The maximum Gasteiger partial charge on any atom is 0.397 e. The summed E-state index contributed by atoms with van der Waals surface area (Å²) in [5.74, 6) is -3.54. The summed E-state index contributed by atoms with van der Waals surface area (Å²) < 4.78 is 38.6. The first-order valence-corrected chi connectivity index (χ1v) is 4.08. The molecule has 0 aliphatic carbocycles. The minimum absolute atomic E-state index is 0.271. The zero-order valence-electron chi connectivity index (χ0n) is 7.82. The van der Waals surface area contributed by atoms with Crippen LogP contribution in [0.4, 0.5) is 13.2 Å². The first-order chi connectivity index (χ1) is 6.80. The van der Waals surface area contributed by atoms with Crippen LogP contribution in [-0.4, -0.2) is 27.0 Å². The third kappa shape index (κ3) is 2.97. The van der Waals surface area contributed by atoms with Crippen molar-refractivity contribution in [2.75, 3.05) is 0 Å². The molecule has 0 saturated carbocycles. The number of alkyl halides is 3. The highest BCUT2D eigenvalue weighted by molar-refractivity contribution is 5.68. The van der Waals surface area contributed by atoms with Gasteiger partial charge in [-0.25, -0.2) is 0 Å². The van der Waals surface area contributed by atoms with Crippen molar-refractivity contribution in [1.82, 2.24) is 9.78 Å². The van der Waals surface area contributed by atoms with Gasteiger partial charge in [0.25, 0.3) is 0 Å². The average molecular weight is 222 g/mol. The number of aryl methyl sites for hydroxylation is 1. The molecule has 0 bridgehead atoms. The summed E-state index contributed by atoms with van der Waals surface area (Å²) in [7, 11) is 1.47. The number of hydrogen-bond acceptors (Lipinski definition) is 2. The SMILES string of the molecule is Cn1ccc(C(CC(=O)O)C(F)(F)F)n1. The Hall–Kier alpha value is -1.53. The zero-order valence-corrected chi connectivity index (χ0v) is 7.82. The Labute approximate surface area is 83.3 Å². The van der Waals surface area contributed by atoms with E-state index in [4.69, 9.17) is 5.11 Å². The van der Waals surface area contributed by atoms with Crippen molar-refractivity contribution < 1.29 is 23.1 Å². The van der Waals surface area contributed by atoms with E-state index in [1.165, 1.54) is 24.0 Å². The molecular weight excluding hydrogens is 213 g/mol. The zero-order chi connectivity index (χ0) is 11.6. The second kappa shape index (κ2) is 3.92. The number of aromatic nitrogens is 2. The molecule has 0 amide bonds. The van der Waals surface area contributed by atoms with E-state index in [1.807, 2.05) is 0 Å². The predicted octanol–water partition coefficient (Wildman–Crippen LogP) is 1.54. The number of rotatable bonds is 3. The third-order valence-electron chi connectivity index (χ3n) is 1.87. The molecule has 7 heteroatoms. The Balaban J connectivity index is 2.96. The van der Waals surface area contributed by atoms with Crippen molar-refractivity contribution in [3.05, 3.63) is 18.0 Å². The third-order valence-corrected chi connectivity index (χ3v) is 1.87. The summed E-state index contributed by atoms with van der Waals surface area (Å²) in [6.07, 6.45) is -4.25. The van der Waals surface area contributed by atoms with Crippen molar-refractivity contribution in [1.29, 1.82) is 0 Å². The van der Waals surface area contributed by atoms with Crippen LogP contribution >= 0.6 is 0 Å². The lowest BCUT2D eigenvalue weighted by molar-refractivity contribution is -0.164. The van der Waals surface area contributed by atoms with E-state index in [1.54, 1.807) is 0 Å². The molecule has 0 aliphatic heterocycles. The summed E-state index contributed by atoms with van der Waals surface area (Å²) >= 11 is 0. The molecule has 1 heterocycles. The molecule has 1 atom stereocenters. The molecule has 0 spiro atoms. The summed E-state index contributed by atoms with van der Waals surface area (Å²) in [4.78, 5) is 10.3. The molecule has 0 fully saturated rings. The fourth-order valence-electron chi connectivity index (χ4n) is 1.18. The lowest BCUT2D eigenvalue weighted by atomic mass is 10.0. The van der Waals surface area contributed by atoms with E-state index in [-0.39, 0.29) is 5.69 Å². The molecule has 15 heavy (non-hydrogen) atoms. The molecule has 0 aliphatic rings. The van der Waals surface area contributed by atoms with Gasteiger partial charge in [-0.05, 0) is 6.07 Å². The van der Waals surface area contributed by atoms with Crippen LogP contribution in [0, 0.1) is 0 Å². The number of carboxylic acid groups (broad SMARTS) is 1. The van der Waals surface area contributed by atoms with Gasteiger partial charge in [-0.15, -0.1) is 0 Å². The lowest BCUT2D eigenvalue weighted by Crippen LogP contribution is -2.24. The summed E-state index contributed by atoms with van der Waals surface area (Å²) in [6.45, 7) is 0. The molecule has 0 radical (unpaired) electrons. The van der Waals surface area contributed by atoms with Gasteiger partial charge in [-0.3, -0.25) is 9.48 Å². The summed E-state index contributed by atoms with van der Waals surface area (Å²) in [5, 5.41) is 11.9. The second-order valence-corrected chi connectivity index (χ2v) is 3.11. The molecular formula is C8H9F3N2O2. The van der Waals surface area contributed by atoms with Crippen LogP contribution < -0.4 is 0 Å². The normalized spacial score (nSPS) is 13.9. The largest absolute Gasteiger partial charge is 0.481 e. The summed E-state index contributed by atoms with van der Waals surface area (Å²) in [6, 6.07) is 1.17. The van der Waals surface area contributed by atoms with Gasteiger partial charge in [-0.1, -0.05) is 0 Å². The molecule has 0 aromatic carbocycles. The summed E-state index contributed by atoms with van der Waals surface area (Å²) in [5.41, 5.74) is -0.271. The smallest absolute Gasteiger partial charge is 0.397 e. The molecule has 1 aromatic heterocycles. The van der Waals surface area contributed by atoms with Gasteiger partial charge < -0.3 is 5.11 Å². The Morgan fingerprint density at radius 1 is 1.67 bits per heavy atom. The number of carbonyl (C=O) groups is 1. The van der Waals surface area contributed by atoms with Gasteiger partial charge in [0.2, 0.25) is 0 Å². The van der Waals surface area contributed by atoms with E-state index in [0.29, 0.717) is 0 Å². The fourth-order valence-corrected chi connectivity index (χ4v) is 1.18. The van der Waals surface area contributed by atoms with E-state index in [2.05, 4.69) is 5.10 Å². The standard InChI is InChI=1S/C8H9F3N2O2/c1-13-3-2-6(12-13)5(4-7(14)15)8(9,10)11/h2-3,5H,4H2,1H3,(H,14,15). The highest BCUT2D eigenvalue weighted by Gasteiger charge is 2.43. The number of nitrogens with zero attached hydrogens (tertiary/aromatic N) is 2. The fraction of sp³-hybridized carbons (Fsp3) is 0.500. The number of carboxylic acids is 1. The van der Waals surface area contributed by atoms with Gasteiger partial charge in [0.1, 0.15) is 5.92 Å². The van der Waals surface area contributed by atoms with Crippen LogP contribution in [0.3, 0.4) is 0 Å². The quantitative estimate of drug-likeness (QED) is 0.843. The van der Waals surface area contributed by atoms with Crippen molar-refractivity contribution >= 4 is 5.97 Å². The monoisotopic (exact) mass is 222 g/mol. The topological polar surface area (TPSA) is 55.1 Å². The van der Waals surface area contributed by atoms with Crippen LogP contribution in [0.15, 0.2) is 12.3 Å². The van der Waals surface area contributed by atoms with Crippen LogP contribution in [0.2, 0.25) is 0 Å². The Kier molecular flexibility index (Phi) is 3.01. The predicted molar refractivity (Wildman–Crippen MR) is 44.3 cm³/mol. The van der Waals surface area contributed by atoms with Crippen molar-refractivity contribution in [2.24, 2.45) is 7.05 Å². The maximum absolute atomic E-state index is 12.5. The molecule has 1 N–H and O–H groups in total. The molecule has 1 aromatic rings. The van der Waals surface area contributed by atoms with E-state index >= 15 is 0 Å². The van der Waals surface area contributed by atoms with E-state index in [0.717, 1.165) is 0 Å². The number of halogens is 3. The first-order valence-electron chi connectivity index (χ1n) is 4.08. The second-order valence-electron chi connectivity index (χ2n) is 3.11. The molecule has 4 nitrogen and oxygen atoms in total. The van der Waals surface area contributed by atoms with Crippen molar-refractivity contribution in [3.63, 3.8) is 0 Å². The minimum Gasteiger partial charge on any atom is -0.481 e. The number of hydrogen-bond donors (Lipinski definition) is 1. The average Bonchev–Trinajstić information content (AvgIpc) is 2.45. The van der Waals surface area contributed by atoms with Gasteiger partial charge >= 0.3 is 12.1 Å². The maximum atomic E-state index is 12.5. The van der Waals surface area contributed by atoms with Gasteiger partial charge in [-0.2, -0.15) is 18.3 Å². The van der Waals surface area contributed by atoms with Crippen LogP contribution in [-0.2, 0) is 11.8 Å². The van der Waals surface area contributed by atoms with Crippen LogP contribution in [0.1, 0.15) is 18.0 Å². The lowest BCUT2D eigenvalue weighted by Gasteiger charge is -2.15. The van der Waals surface area contributed by atoms with Crippen LogP contribution in [0.25, 0.3) is 0 Å². The highest BCUT2D eigenvalue weighted by atomic mass is 19.4. The van der Waals surface area contributed by atoms with Crippen molar-refractivity contribution in [3.8, 4) is 0 Å². The molecule has 84 valence electrons. The van der Waals surface area contributed by atoms with Crippen molar-refractivity contribution in [2.45, 2.75) is 18.5 Å². The Morgan fingerprint density at radius 3 is 2.60 bits per heavy atom.